The third-order valence-corrected chi connectivity index (χ3v) is 4.80. The van der Waals surface area contributed by atoms with E-state index in [0.29, 0.717) is 22.6 Å². The van der Waals surface area contributed by atoms with Crippen molar-refractivity contribution in [3.8, 4) is 22.5 Å². The molecule has 4 rings (SSSR count). The molecule has 0 unspecified atom stereocenters. The number of halogens is 1. The van der Waals surface area contributed by atoms with Crippen LogP contribution in [0.2, 0.25) is 0 Å². The van der Waals surface area contributed by atoms with E-state index in [0.717, 1.165) is 5.56 Å². The van der Waals surface area contributed by atoms with Crippen LogP contribution in [-0.4, -0.2) is 32.0 Å². The summed E-state index contributed by atoms with van der Waals surface area (Å²) in [5, 5.41) is 11.5. The molecule has 1 amide bonds. The molecule has 8 heteroatoms. The highest BCUT2D eigenvalue weighted by atomic mass is 19.1. The van der Waals surface area contributed by atoms with Gasteiger partial charge in [-0.15, -0.1) is 0 Å². The Morgan fingerprint density at radius 1 is 0.935 bits per heavy atom. The van der Waals surface area contributed by atoms with Crippen LogP contribution in [0.4, 0.5) is 4.39 Å². The standard InChI is InChI=1S/C23H20FN5O2/c1-28-21(15-20(26-28)16-5-3-2-4-6-16)23(31)25-13-14-29-22(30)12-11-19(27-29)17-7-9-18(24)10-8-17/h2-12,15H,13-14H2,1H3,(H,25,31). The van der Waals surface area contributed by atoms with Crippen molar-refractivity contribution in [1.82, 2.24) is 24.9 Å². The highest BCUT2D eigenvalue weighted by molar-refractivity contribution is 5.93. The molecule has 2 heterocycles. The molecule has 2 aromatic carbocycles. The first-order chi connectivity index (χ1) is 15.0. The highest BCUT2D eigenvalue weighted by Gasteiger charge is 2.14. The molecule has 2 aromatic heterocycles. The van der Waals surface area contributed by atoms with E-state index < -0.39 is 0 Å². The van der Waals surface area contributed by atoms with Gasteiger partial charge in [-0.3, -0.25) is 14.3 Å². The van der Waals surface area contributed by atoms with E-state index in [4.69, 9.17) is 0 Å². The minimum atomic E-state index is -0.342. The third-order valence-electron chi connectivity index (χ3n) is 4.80. The predicted octanol–water partition coefficient (Wildman–Crippen LogP) is 2.88. The van der Waals surface area contributed by atoms with Gasteiger partial charge < -0.3 is 5.32 Å². The van der Waals surface area contributed by atoms with Crippen LogP contribution >= 0.6 is 0 Å². The lowest BCUT2D eigenvalue weighted by molar-refractivity contribution is 0.0942. The molecule has 7 nitrogen and oxygen atoms in total. The zero-order valence-corrected chi connectivity index (χ0v) is 16.8. The second-order valence-electron chi connectivity index (χ2n) is 6.95. The van der Waals surface area contributed by atoms with Gasteiger partial charge in [-0.05, 0) is 36.4 Å². The van der Waals surface area contributed by atoms with E-state index in [1.807, 2.05) is 30.3 Å². The summed E-state index contributed by atoms with van der Waals surface area (Å²) in [5.41, 5.74) is 3.00. The fourth-order valence-corrected chi connectivity index (χ4v) is 3.18. The van der Waals surface area contributed by atoms with Crippen LogP contribution < -0.4 is 10.9 Å². The van der Waals surface area contributed by atoms with Crippen LogP contribution in [0, 0.1) is 5.82 Å². The summed E-state index contributed by atoms with van der Waals surface area (Å²) in [6.07, 6.45) is 0. The van der Waals surface area contributed by atoms with Gasteiger partial charge in [0.25, 0.3) is 11.5 Å². The van der Waals surface area contributed by atoms with Crippen molar-refractivity contribution in [3.63, 3.8) is 0 Å². The summed E-state index contributed by atoms with van der Waals surface area (Å²) in [4.78, 5) is 24.7. The number of hydrogen-bond acceptors (Lipinski definition) is 4. The van der Waals surface area contributed by atoms with Crippen LogP contribution in [0.25, 0.3) is 22.5 Å². The first-order valence-electron chi connectivity index (χ1n) is 9.73. The van der Waals surface area contributed by atoms with Gasteiger partial charge in [-0.2, -0.15) is 10.2 Å². The van der Waals surface area contributed by atoms with Crippen molar-refractivity contribution in [2.45, 2.75) is 6.54 Å². The lowest BCUT2D eigenvalue weighted by Crippen LogP contribution is -2.32. The molecule has 0 aliphatic carbocycles. The van der Waals surface area contributed by atoms with Crippen molar-refractivity contribution >= 4 is 5.91 Å². The quantitative estimate of drug-likeness (QED) is 0.523. The first kappa shape index (κ1) is 20.2. The number of aromatic nitrogens is 4. The van der Waals surface area contributed by atoms with E-state index in [-0.39, 0.29) is 30.4 Å². The molecule has 0 bridgehead atoms. The summed E-state index contributed by atoms with van der Waals surface area (Å²) in [6, 6.07) is 20.2. The van der Waals surface area contributed by atoms with Crippen LogP contribution in [0.1, 0.15) is 10.5 Å². The molecular weight excluding hydrogens is 397 g/mol. The molecule has 0 aliphatic rings. The number of carbonyl (C=O) groups is 1. The SMILES string of the molecule is Cn1nc(-c2ccccc2)cc1C(=O)NCCn1nc(-c2ccc(F)cc2)ccc1=O. The van der Waals surface area contributed by atoms with Crippen LogP contribution in [0.3, 0.4) is 0 Å². The van der Waals surface area contributed by atoms with E-state index in [1.54, 1.807) is 31.3 Å². The van der Waals surface area contributed by atoms with Crippen molar-refractivity contribution < 1.29 is 9.18 Å². The maximum Gasteiger partial charge on any atom is 0.269 e. The predicted molar refractivity (Wildman–Crippen MR) is 115 cm³/mol. The van der Waals surface area contributed by atoms with E-state index in [1.165, 1.54) is 27.6 Å². The largest absolute Gasteiger partial charge is 0.349 e. The summed E-state index contributed by atoms with van der Waals surface area (Å²) in [7, 11) is 1.71. The zero-order chi connectivity index (χ0) is 21.8. The van der Waals surface area contributed by atoms with Crippen LogP contribution in [-0.2, 0) is 13.6 Å². The number of benzene rings is 2. The van der Waals surface area contributed by atoms with Crippen molar-refractivity contribution in [3.05, 3.63) is 94.7 Å². The molecule has 0 saturated heterocycles. The molecule has 156 valence electrons. The van der Waals surface area contributed by atoms with Gasteiger partial charge in [0.05, 0.1) is 17.9 Å². The van der Waals surface area contributed by atoms with Gasteiger partial charge in [0.2, 0.25) is 0 Å². The second kappa shape index (κ2) is 8.74. The van der Waals surface area contributed by atoms with E-state index in [9.17, 15) is 14.0 Å². The first-order valence-corrected chi connectivity index (χ1v) is 9.73. The maximum absolute atomic E-state index is 13.1. The number of amides is 1. The molecule has 0 saturated carbocycles. The molecule has 31 heavy (non-hydrogen) atoms. The molecule has 0 fully saturated rings. The molecule has 1 N–H and O–H groups in total. The number of nitrogens with zero attached hydrogens (tertiary/aromatic N) is 4. The molecule has 0 spiro atoms. The molecule has 4 aromatic rings. The number of carbonyl (C=O) groups excluding carboxylic acids is 1. The normalized spacial score (nSPS) is 10.8. The maximum atomic E-state index is 13.1. The van der Waals surface area contributed by atoms with Crippen molar-refractivity contribution in [2.75, 3.05) is 6.54 Å². The lowest BCUT2D eigenvalue weighted by Gasteiger charge is -2.08. The Balaban J connectivity index is 1.43. The number of rotatable bonds is 6. The van der Waals surface area contributed by atoms with Crippen molar-refractivity contribution in [1.29, 1.82) is 0 Å². The minimum absolute atomic E-state index is 0.197. The average Bonchev–Trinajstić information content (AvgIpc) is 3.18. The van der Waals surface area contributed by atoms with Gasteiger partial charge in [-0.1, -0.05) is 30.3 Å². The Labute approximate surface area is 177 Å². The minimum Gasteiger partial charge on any atom is -0.349 e. The van der Waals surface area contributed by atoms with Gasteiger partial charge in [0, 0.05) is 30.8 Å². The summed E-state index contributed by atoms with van der Waals surface area (Å²) >= 11 is 0. The van der Waals surface area contributed by atoms with Gasteiger partial charge in [0.15, 0.2) is 0 Å². The molecule has 0 aliphatic heterocycles. The summed E-state index contributed by atoms with van der Waals surface area (Å²) in [6.45, 7) is 0.410. The van der Waals surface area contributed by atoms with E-state index >= 15 is 0 Å². The molecule has 0 atom stereocenters. The molecule has 0 radical (unpaired) electrons. The van der Waals surface area contributed by atoms with Gasteiger partial charge in [-0.25, -0.2) is 9.07 Å². The zero-order valence-electron chi connectivity index (χ0n) is 16.8. The summed E-state index contributed by atoms with van der Waals surface area (Å²) in [5.74, 6) is -0.634. The fraction of sp³-hybridized carbons (Fsp3) is 0.130. The smallest absolute Gasteiger partial charge is 0.269 e. The molecular formula is C23H20FN5O2. The Hall–Kier alpha value is -4.07. The van der Waals surface area contributed by atoms with E-state index in [2.05, 4.69) is 15.5 Å². The lowest BCUT2D eigenvalue weighted by atomic mass is 10.1. The number of hydrogen-bond donors (Lipinski definition) is 1. The highest BCUT2D eigenvalue weighted by Crippen LogP contribution is 2.18. The van der Waals surface area contributed by atoms with Crippen molar-refractivity contribution in [2.24, 2.45) is 7.05 Å². The Morgan fingerprint density at radius 2 is 1.65 bits per heavy atom. The second-order valence-corrected chi connectivity index (χ2v) is 6.95. The number of aryl methyl sites for hydroxylation is 1. The summed E-state index contributed by atoms with van der Waals surface area (Å²) < 4.78 is 15.9. The number of nitrogens with one attached hydrogen (secondary N) is 1. The topological polar surface area (TPSA) is 81.8 Å². The third kappa shape index (κ3) is 4.58. The monoisotopic (exact) mass is 417 g/mol. The van der Waals surface area contributed by atoms with Crippen LogP contribution in [0.15, 0.2) is 77.6 Å². The average molecular weight is 417 g/mol. The van der Waals surface area contributed by atoms with Crippen LogP contribution in [0.5, 0.6) is 0 Å². The Bertz CT molecular complexity index is 1260. The Kier molecular flexibility index (Phi) is 5.70. The fourth-order valence-electron chi connectivity index (χ4n) is 3.18. The van der Waals surface area contributed by atoms with Gasteiger partial charge >= 0.3 is 0 Å². The van der Waals surface area contributed by atoms with Gasteiger partial charge in [0.1, 0.15) is 11.5 Å². The Morgan fingerprint density at radius 3 is 2.39 bits per heavy atom.